The molecule has 16 heavy (non-hydrogen) atoms. The number of anilines is 1. The highest BCUT2D eigenvalue weighted by Crippen LogP contribution is 2.14. The van der Waals surface area contributed by atoms with Crippen LogP contribution in [0.25, 0.3) is 5.65 Å². The molecule has 2 rings (SSSR count). The van der Waals surface area contributed by atoms with Gasteiger partial charge < -0.3 is 4.90 Å². The minimum absolute atomic E-state index is 0.912. The predicted molar refractivity (Wildman–Crippen MR) is 65.8 cm³/mol. The molecule has 0 aliphatic rings. The monoisotopic (exact) mass is 218 g/mol. The molecule has 0 aliphatic heterocycles. The van der Waals surface area contributed by atoms with Crippen molar-refractivity contribution in [2.45, 2.75) is 26.7 Å². The Morgan fingerprint density at radius 3 is 2.62 bits per heavy atom. The second kappa shape index (κ2) is 4.96. The van der Waals surface area contributed by atoms with Gasteiger partial charge in [-0.3, -0.25) is 0 Å². The molecule has 0 bridgehead atoms. The van der Waals surface area contributed by atoms with Crippen LogP contribution in [0.3, 0.4) is 0 Å². The molecule has 86 valence electrons. The molecule has 0 radical (unpaired) electrons. The van der Waals surface area contributed by atoms with E-state index < -0.39 is 0 Å². The molecule has 0 saturated heterocycles. The number of nitrogens with zero attached hydrogens (tertiary/aromatic N) is 4. The summed E-state index contributed by atoms with van der Waals surface area (Å²) in [5, 5.41) is 4.53. The largest absolute Gasteiger partial charge is 0.355 e. The van der Waals surface area contributed by atoms with E-state index in [4.69, 9.17) is 0 Å². The molecule has 0 unspecified atom stereocenters. The van der Waals surface area contributed by atoms with Crippen LogP contribution in [-0.4, -0.2) is 27.7 Å². The van der Waals surface area contributed by atoms with Crippen molar-refractivity contribution in [2.75, 3.05) is 18.0 Å². The quantitative estimate of drug-likeness (QED) is 0.772. The zero-order valence-corrected chi connectivity index (χ0v) is 9.93. The number of aromatic nitrogens is 3. The van der Waals surface area contributed by atoms with Gasteiger partial charge in [0.1, 0.15) is 0 Å². The van der Waals surface area contributed by atoms with Crippen LogP contribution >= 0.6 is 0 Å². The molecule has 2 heterocycles. The average molecular weight is 218 g/mol. The molecule has 0 fully saturated rings. The predicted octanol–water partition coefficient (Wildman–Crippen LogP) is 2.36. The summed E-state index contributed by atoms with van der Waals surface area (Å²) < 4.78 is 1.83. The van der Waals surface area contributed by atoms with E-state index in [0.29, 0.717) is 0 Å². The van der Waals surface area contributed by atoms with Crippen LogP contribution in [0, 0.1) is 0 Å². The van der Waals surface area contributed by atoms with Crippen molar-refractivity contribution < 1.29 is 0 Å². The summed E-state index contributed by atoms with van der Waals surface area (Å²) in [5.74, 6) is 1.03. The Bertz CT molecular complexity index is 410. The first kappa shape index (κ1) is 10.9. The standard InChI is InChI=1S/C12H18N4/c1-3-7-15(8-4-2)12-10-11-13-6-5-9-16(11)14-12/h5-6,9-10H,3-4,7-8H2,1-2H3. The fourth-order valence-corrected chi connectivity index (χ4v) is 1.85. The lowest BCUT2D eigenvalue weighted by Crippen LogP contribution is -2.25. The highest BCUT2D eigenvalue weighted by molar-refractivity contribution is 5.51. The van der Waals surface area contributed by atoms with Gasteiger partial charge in [0, 0.05) is 31.5 Å². The summed E-state index contributed by atoms with van der Waals surface area (Å²) in [6, 6.07) is 3.94. The Labute approximate surface area is 95.9 Å². The number of fused-ring (bicyclic) bond motifs is 1. The second-order valence-corrected chi connectivity index (χ2v) is 3.91. The fraction of sp³-hybridized carbons (Fsp3) is 0.500. The van der Waals surface area contributed by atoms with Crippen LogP contribution in [0.4, 0.5) is 5.82 Å². The normalized spacial score (nSPS) is 10.9. The molecule has 2 aromatic heterocycles. The van der Waals surface area contributed by atoms with Crippen LogP contribution in [0.2, 0.25) is 0 Å². The van der Waals surface area contributed by atoms with E-state index in [9.17, 15) is 0 Å². The molecule has 0 saturated carbocycles. The first-order valence-electron chi connectivity index (χ1n) is 5.90. The first-order valence-corrected chi connectivity index (χ1v) is 5.90. The van der Waals surface area contributed by atoms with Gasteiger partial charge in [-0.1, -0.05) is 13.8 Å². The molecule has 4 heteroatoms. The molecule has 0 amide bonds. The minimum atomic E-state index is 0.912. The SMILES string of the molecule is CCCN(CCC)c1cc2ncccn2n1. The van der Waals surface area contributed by atoms with E-state index in [1.807, 2.05) is 22.8 Å². The van der Waals surface area contributed by atoms with Gasteiger partial charge in [0.05, 0.1) is 0 Å². The van der Waals surface area contributed by atoms with Crippen molar-refractivity contribution in [1.29, 1.82) is 0 Å². The maximum Gasteiger partial charge on any atom is 0.157 e. The van der Waals surface area contributed by atoms with E-state index in [1.54, 1.807) is 6.20 Å². The van der Waals surface area contributed by atoms with Crippen LogP contribution in [-0.2, 0) is 0 Å². The third-order valence-electron chi connectivity index (χ3n) is 2.53. The lowest BCUT2D eigenvalue weighted by molar-refractivity contribution is 0.727. The summed E-state index contributed by atoms with van der Waals surface area (Å²) in [6.45, 7) is 6.49. The number of hydrogen-bond donors (Lipinski definition) is 0. The van der Waals surface area contributed by atoms with Gasteiger partial charge in [0.25, 0.3) is 0 Å². The van der Waals surface area contributed by atoms with Gasteiger partial charge in [-0.25, -0.2) is 9.50 Å². The zero-order chi connectivity index (χ0) is 11.4. The third kappa shape index (κ3) is 2.15. The molecule has 0 spiro atoms. The van der Waals surface area contributed by atoms with Gasteiger partial charge in [-0.15, -0.1) is 5.10 Å². The highest BCUT2D eigenvalue weighted by Gasteiger charge is 2.09. The van der Waals surface area contributed by atoms with Crippen LogP contribution < -0.4 is 4.90 Å². The first-order chi connectivity index (χ1) is 7.85. The van der Waals surface area contributed by atoms with Crippen molar-refractivity contribution in [3.63, 3.8) is 0 Å². The van der Waals surface area contributed by atoms with Crippen LogP contribution in [0.5, 0.6) is 0 Å². The zero-order valence-electron chi connectivity index (χ0n) is 9.93. The topological polar surface area (TPSA) is 33.4 Å². The van der Waals surface area contributed by atoms with Gasteiger partial charge in [-0.05, 0) is 18.9 Å². The molecule has 0 aliphatic carbocycles. The highest BCUT2D eigenvalue weighted by atomic mass is 15.3. The third-order valence-corrected chi connectivity index (χ3v) is 2.53. The Kier molecular flexibility index (Phi) is 3.39. The summed E-state index contributed by atoms with van der Waals surface area (Å²) >= 11 is 0. The van der Waals surface area contributed by atoms with Crippen molar-refractivity contribution in [3.05, 3.63) is 24.5 Å². The van der Waals surface area contributed by atoms with Gasteiger partial charge >= 0.3 is 0 Å². The molecular formula is C12H18N4. The summed E-state index contributed by atoms with van der Waals surface area (Å²) in [5.41, 5.74) is 0.912. The van der Waals surface area contributed by atoms with Gasteiger partial charge in [0.2, 0.25) is 0 Å². The Balaban J connectivity index is 2.29. The minimum Gasteiger partial charge on any atom is -0.355 e. The molecule has 4 nitrogen and oxygen atoms in total. The van der Waals surface area contributed by atoms with E-state index in [-0.39, 0.29) is 0 Å². The second-order valence-electron chi connectivity index (χ2n) is 3.91. The Morgan fingerprint density at radius 2 is 2.00 bits per heavy atom. The lowest BCUT2D eigenvalue weighted by atomic mass is 10.3. The smallest absolute Gasteiger partial charge is 0.157 e. The van der Waals surface area contributed by atoms with Crippen molar-refractivity contribution in [3.8, 4) is 0 Å². The molecule has 0 atom stereocenters. The number of rotatable bonds is 5. The van der Waals surface area contributed by atoms with Gasteiger partial charge in [0.15, 0.2) is 11.5 Å². The van der Waals surface area contributed by atoms with Crippen LogP contribution in [0.15, 0.2) is 24.5 Å². The molecule has 2 aromatic rings. The van der Waals surface area contributed by atoms with Crippen molar-refractivity contribution in [1.82, 2.24) is 14.6 Å². The van der Waals surface area contributed by atoms with E-state index in [1.165, 1.54) is 0 Å². The summed E-state index contributed by atoms with van der Waals surface area (Å²) in [6.07, 6.45) is 6.01. The Hall–Kier alpha value is -1.58. The number of hydrogen-bond acceptors (Lipinski definition) is 3. The molecular weight excluding hydrogens is 200 g/mol. The maximum absolute atomic E-state index is 4.53. The van der Waals surface area contributed by atoms with Gasteiger partial charge in [-0.2, -0.15) is 0 Å². The van der Waals surface area contributed by atoms with E-state index in [2.05, 4.69) is 28.8 Å². The van der Waals surface area contributed by atoms with E-state index in [0.717, 1.165) is 37.4 Å². The lowest BCUT2D eigenvalue weighted by Gasteiger charge is -2.20. The molecule has 0 N–H and O–H groups in total. The Morgan fingerprint density at radius 1 is 1.25 bits per heavy atom. The molecule has 0 aromatic carbocycles. The van der Waals surface area contributed by atoms with Crippen LogP contribution in [0.1, 0.15) is 26.7 Å². The maximum atomic E-state index is 4.53. The average Bonchev–Trinajstić information content (AvgIpc) is 2.72. The fourth-order valence-electron chi connectivity index (χ4n) is 1.85. The van der Waals surface area contributed by atoms with E-state index >= 15 is 0 Å². The van der Waals surface area contributed by atoms with Crippen molar-refractivity contribution >= 4 is 11.5 Å². The summed E-state index contributed by atoms with van der Waals surface area (Å²) in [4.78, 5) is 6.59. The summed E-state index contributed by atoms with van der Waals surface area (Å²) in [7, 11) is 0. The van der Waals surface area contributed by atoms with Crippen molar-refractivity contribution in [2.24, 2.45) is 0 Å².